The first-order valence-electron chi connectivity index (χ1n) is 10.9. The molecule has 0 amide bonds. The van der Waals surface area contributed by atoms with Gasteiger partial charge in [-0.3, -0.25) is 4.68 Å². The Morgan fingerprint density at radius 3 is 2.52 bits per heavy atom. The van der Waals surface area contributed by atoms with E-state index < -0.39 is 6.11 Å². The summed E-state index contributed by atoms with van der Waals surface area (Å²) < 4.78 is 32.4. The fourth-order valence-corrected chi connectivity index (χ4v) is 3.65. The number of hydrogen-bond acceptors (Lipinski definition) is 6. The number of hydrogen-bond donors (Lipinski definition) is 3. The van der Waals surface area contributed by atoms with Crippen LogP contribution in [0.1, 0.15) is 39.2 Å². The predicted octanol–water partition coefficient (Wildman–Crippen LogP) is 5.48. The summed E-state index contributed by atoms with van der Waals surface area (Å²) in [5.41, 5.74) is 3.37. The summed E-state index contributed by atoms with van der Waals surface area (Å²) in [6.45, 7) is 5.14. The van der Waals surface area contributed by atoms with Gasteiger partial charge in [0.25, 0.3) is 0 Å². The molecule has 3 N–H and O–H groups in total. The number of aliphatic hydroxyl groups is 1. The van der Waals surface area contributed by atoms with Gasteiger partial charge in [0, 0.05) is 47.8 Å². The zero-order valence-corrected chi connectivity index (χ0v) is 19.0. The lowest BCUT2D eigenvalue weighted by atomic mass is 9.88. The third-order valence-electron chi connectivity index (χ3n) is 5.30. The quantitative estimate of drug-likeness (QED) is 0.332. The molecule has 3 aromatic rings. The van der Waals surface area contributed by atoms with Gasteiger partial charge in [-0.2, -0.15) is 13.9 Å². The number of halogens is 2. The molecule has 0 saturated carbocycles. The Morgan fingerprint density at radius 2 is 1.91 bits per heavy atom. The second-order valence-corrected chi connectivity index (χ2v) is 7.78. The Kier molecular flexibility index (Phi) is 7.75. The molecule has 0 spiro atoms. The summed E-state index contributed by atoms with van der Waals surface area (Å²) in [4.78, 5) is 4.49. The average Bonchev–Trinajstić information content (AvgIpc) is 3.23. The summed E-state index contributed by atoms with van der Waals surface area (Å²) in [5.74, 6) is 0.591. The molecule has 0 aliphatic carbocycles. The van der Waals surface area contributed by atoms with E-state index in [0.29, 0.717) is 36.2 Å². The monoisotopic (exact) mass is 457 g/mol. The van der Waals surface area contributed by atoms with Gasteiger partial charge in [-0.15, -0.1) is 0 Å². The van der Waals surface area contributed by atoms with Crippen LogP contribution >= 0.6 is 0 Å². The highest BCUT2D eigenvalue weighted by Gasteiger charge is 2.24. The van der Waals surface area contributed by atoms with E-state index in [9.17, 15) is 13.9 Å². The standard InChI is InChI=1S/C24H29F2N5O2/c1-4-16(5-2)22(27)21-20(17-14-29-31(15-17)12-13-32)10-11-28-23(21)30-18-6-8-19(9-7-18)33-24(3,25)26/h6-11,14-16,27,32H,4-5,12-13H2,1-3H3,(H,28,30). The van der Waals surface area contributed by atoms with Crippen molar-refractivity contribution in [2.75, 3.05) is 11.9 Å². The van der Waals surface area contributed by atoms with Gasteiger partial charge in [0.1, 0.15) is 11.6 Å². The lowest BCUT2D eigenvalue weighted by molar-refractivity contribution is -0.158. The SMILES string of the molecule is CCC(CC)C(=N)c1c(-c2cnn(CCO)c2)ccnc1Nc1ccc(OC(C)(F)F)cc1. The number of rotatable bonds is 11. The highest BCUT2D eigenvalue weighted by Crippen LogP contribution is 2.33. The number of aromatic nitrogens is 3. The number of ether oxygens (including phenoxy) is 1. The molecule has 176 valence electrons. The van der Waals surface area contributed by atoms with Crippen molar-refractivity contribution in [1.29, 1.82) is 5.41 Å². The van der Waals surface area contributed by atoms with E-state index in [1.807, 2.05) is 26.1 Å². The van der Waals surface area contributed by atoms with Crippen LogP contribution in [-0.4, -0.2) is 38.3 Å². The van der Waals surface area contributed by atoms with Gasteiger partial charge < -0.3 is 20.6 Å². The van der Waals surface area contributed by atoms with Crippen LogP contribution in [0.5, 0.6) is 5.75 Å². The van der Waals surface area contributed by atoms with Crippen molar-refractivity contribution in [1.82, 2.24) is 14.8 Å². The van der Waals surface area contributed by atoms with Crippen LogP contribution < -0.4 is 10.1 Å². The molecule has 0 saturated heterocycles. The molecule has 0 aliphatic rings. The van der Waals surface area contributed by atoms with Crippen molar-refractivity contribution in [3.8, 4) is 16.9 Å². The Morgan fingerprint density at radius 1 is 1.21 bits per heavy atom. The van der Waals surface area contributed by atoms with Gasteiger partial charge >= 0.3 is 6.11 Å². The molecule has 33 heavy (non-hydrogen) atoms. The third kappa shape index (κ3) is 6.13. The Balaban J connectivity index is 2.00. The van der Waals surface area contributed by atoms with Crippen LogP contribution in [0.25, 0.3) is 11.1 Å². The summed E-state index contributed by atoms with van der Waals surface area (Å²) in [6, 6.07) is 8.00. The number of aliphatic hydroxyl groups excluding tert-OH is 1. The van der Waals surface area contributed by atoms with Gasteiger partial charge in [-0.05, 0) is 48.7 Å². The molecule has 0 atom stereocenters. The van der Waals surface area contributed by atoms with Gasteiger partial charge in [0.05, 0.1) is 19.3 Å². The second-order valence-electron chi connectivity index (χ2n) is 7.78. The van der Waals surface area contributed by atoms with E-state index >= 15 is 0 Å². The first kappa shape index (κ1) is 24.3. The third-order valence-corrected chi connectivity index (χ3v) is 5.30. The molecule has 9 heteroatoms. The highest BCUT2D eigenvalue weighted by molar-refractivity contribution is 6.09. The largest absolute Gasteiger partial charge is 0.433 e. The molecule has 0 unspecified atom stereocenters. The normalized spacial score (nSPS) is 11.6. The van der Waals surface area contributed by atoms with Gasteiger partial charge in [-0.1, -0.05) is 13.8 Å². The molecule has 0 fully saturated rings. The Hall–Kier alpha value is -3.33. The van der Waals surface area contributed by atoms with Gasteiger partial charge in [-0.25, -0.2) is 4.98 Å². The first-order valence-corrected chi connectivity index (χ1v) is 10.9. The van der Waals surface area contributed by atoms with Crippen LogP contribution in [-0.2, 0) is 6.54 Å². The molecule has 0 bridgehead atoms. The maximum absolute atomic E-state index is 13.1. The first-order chi connectivity index (χ1) is 15.8. The molecule has 0 radical (unpaired) electrons. The maximum Gasteiger partial charge on any atom is 0.394 e. The number of alkyl halides is 2. The molecule has 2 aromatic heterocycles. The van der Waals surface area contributed by atoms with Crippen molar-refractivity contribution < 1.29 is 18.6 Å². The minimum atomic E-state index is -3.26. The topological polar surface area (TPSA) is 96.1 Å². The predicted molar refractivity (Wildman–Crippen MR) is 124 cm³/mol. The number of anilines is 2. The van der Waals surface area contributed by atoms with Crippen molar-refractivity contribution in [2.24, 2.45) is 5.92 Å². The summed E-state index contributed by atoms with van der Waals surface area (Å²) in [6.07, 6.45) is 3.54. The van der Waals surface area contributed by atoms with Crippen LogP contribution in [0.3, 0.4) is 0 Å². The molecule has 1 aromatic carbocycles. The van der Waals surface area contributed by atoms with E-state index in [2.05, 4.69) is 20.1 Å². The fraction of sp³-hybridized carbons (Fsp3) is 0.375. The minimum absolute atomic E-state index is 0.0234. The van der Waals surface area contributed by atoms with Crippen LogP contribution in [0.15, 0.2) is 48.9 Å². The lowest BCUT2D eigenvalue weighted by Gasteiger charge is -2.20. The average molecular weight is 458 g/mol. The van der Waals surface area contributed by atoms with Crippen LogP contribution in [0.2, 0.25) is 0 Å². The minimum Gasteiger partial charge on any atom is -0.433 e. The zero-order chi connectivity index (χ0) is 24.0. The molecular formula is C24H29F2N5O2. The van der Waals surface area contributed by atoms with Crippen LogP contribution in [0, 0.1) is 11.3 Å². The van der Waals surface area contributed by atoms with E-state index in [0.717, 1.165) is 24.0 Å². The van der Waals surface area contributed by atoms with Crippen molar-refractivity contribution in [3.63, 3.8) is 0 Å². The van der Waals surface area contributed by atoms with Crippen molar-refractivity contribution in [3.05, 3.63) is 54.5 Å². The lowest BCUT2D eigenvalue weighted by Crippen LogP contribution is -2.19. The Labute approximate surface area is 191 Å². The summed E-state index contributed by atoms with van der Waals surface area (Å²) >= 11 is 0. The van der Waals surface area contributed by atoms with E-state index in [-0.39, 0.29) is 18.3 Å². The van der Waals surface area contributed by atoms with Gasteiger partial charge in [0.15, 0.2) is 0 Å². The number of pyridine rings is 1. The van der Waals surface area contributed by atoms with E-state index in [4.69, 9.17) is 5.41 Å². The number of nitrogens with one attached hydrogen (secondary N) is 2. The summed E-state index contributed by atoms with van der Waals surface area (Å²) in [5, 5.41) is 25.7. The van der Waals surface area contributed by atoms with E-state index in [1.54, 1.807) is 29.2 Å². The molecule has 3 rings (SSSR count). The number of benzene rings is 1. The zero-order valence-electron chi connectivity index (χ0n) is 19.0. The van der Waals surface area contributed by atoms with Crippen molar-refractivity contribution in [2.45, 2.75) is 46.3 Å². The summed E-state index contributed by atoms with van der Waals surface area (Å²) in [7, 11) is 0. The maximum atomic E-state index is 13.1. The van der Waals surface area contributed by atoms with E-state index in [1.165, 1.54) is 12.1 Å². The fourth-order valence-electron chi connectivity index (χ4n) is 3.65. The van der Waals surface area contributed by atoms with Gasteiger partial charge in [0.2, 0.25) is 0 Å². The van der Waals surface area contributed by atoms with Crippen LogP contribution in [0.4, 0.5) is 20.3 Å². The molecule has 0 aliphatic heterocycles. The Bertz CT molecular complexity index is 1070. The molecule has 2 heterocycles. The second kappa shape index (κ2) is 10.5. The molecule has 7 nitrogen and oxygen atoms in total. The smallest absolute Gasteiger partial charge is 0.394 e. The molecular weight excluding hydrogens is 428 g/mol. The van der Waals surface area contributed by atoms with Crippen molar-refractivity contribution >= 4 is 17.2 Å². The number of nitrogens with zero attached hydrogens (tertiary/aromatic N) is 3. The highest BCUT2D eigenvalue weighted by atomic mass is 19.3.